The summed E-state index contributed by atoms with van der Waals surface area (Å²) in [4.78, 5) is 9.61. The van der Waals surface area contributed by atoms with Gasteiger partial charge in [0.2, 0.25) is 0 Å². The van der Waals surface area contributed by atoms with Crippen LogP contribution in [-0.2, 0) is 9.47 Å². The summed E-state index contributed by atoms with van der Waals surface area (Å²) in [6.07, 6.45) is 9.68. The lowest BCUT2D eigenvalue weighted by Crippen LogP contribution is -2.15. The normalized spacial score (nSPS) is 23.2. The van der Waals surface area contributed by atoms with E-state index in [0.717, 1.165) is 33.9 Å². The molecule has 2 aliphatic rings. The highest BCUT2D eigenvalue weighted by Gasteiger charge is 2.30. The molecule has 6 rings (SSSR count). The molecule has 37 heavy (non-hydrogen) atoms. The zero-order valence-corrected chi connectivity index (χ0v) is 23.3. The number of hydrogen-bond donors (Lipinski definition) is 0. The molecule has 4 nitrogen and oxygen atoms in total. The highest BCUT2D eigenvalue weighted by molar-refractivity contribution is 9.10. The first kappa shape index (κ1) is 26.0. The minimum absolute atomic E-state index is 0.331. The van der Waals surface area contributed by atoms with Crippen molar-refractivity contribution in [2.75, 3.05) is 14.2 Å². The topological polar surface area (TPSA) is 44.2 Å². The Morgan fingerprint density at radius 2 is 1.27 bits per heavy atom. The largest absolute Gasteiger partial charge is 0.381 e. The van der Waals surface area contributed by atoms with E-state index in [9.17, 15) is 0 Å². The molecule has 0 amide bonds. The number of ether oxygens (including phenoxy) is 2. The van der Waals surface area contributed by atoms with Crippen LogP contribution in [0.5, 0.6) is 0 Å². The summed E-state index contributed by atoms with van der Waals surface area (Å²) in [5.74, 6) is 0.913. The summed E-state index contributed by atoms with van der Waals surface area (Å²) in [6.45, 7) is 3.80. The van der Waals surface area contributed by atoms with Gasteiger partial charge in [-0.2, -0.15) is 0 Å². The molecule has 0 aliphatic heterocycles. The molecule has 4 atom stereocenters. The Morgan fingerprint density at radius 1 is 0.730 bits per heavy atom. The van der Waals surface area contributed by atoms with E-state index in [1.165, 1.54) is 47.8 Å². The summed E-state index contributed by atoms with van der Waals surface area (Å²) in [5, 5.41) is 2.35. The molecule has 2 heterocycles. The van der Waals surface area contributed by atoms with Gasteiger partial charge in [-0.1, -0.05) is 59.6 Å². The Hall–Kier alpha value is -2.60. The molecule has 2 unspecified atom stereocenters. The number of hydrogen-bond acceptors (Lipinski definition) is 4. The van der Waals surface area contributed by atoms with Crippen LogP contribution < -0.4 is 0 Å². The average molecular weight is 560 g/mol. The zero-order chi connectivity index (χ0) is 25.8. The number of fused-ring (bicyclic) bond motifs is 2. The van der Waals surface area contributed by atoms with Gasteiger partial charge >= 0.3 is 0 Å². The summed E-state index contributed by atoms with van der Waals surface area (Å²) in [6, 6.07) is 21.1. The van der Waals surface area contributed by atoms with Crippen LogP contribution in [0.15, 0.2) is 71.7 Å². The van der Waals surface area contributed by atoms with E-state index >= 15 is 0 Å². The number of methoxy groups -OCH3 is 2. The zero-order valence-electron chi connectivity index (χ0n) is 21.7. The number of halogens is 1. The van der Waals surface area contributed by atoms with Crippen LogP contribution >= 0.6 is 15.9 Å². The number of nitrogens with zero attached hydrogens (tertiary/aromatic N) is 2. The van der Waals surface area contributed by atoms with Crippen molar-refractivity contribution >= 4 is 43.8 Å². The van der Waals surface area contributed by atoms with Gasteiger partial charge in [0.25, 0.3) is 0 Å². The van der Waals surface area contributed by atoms with Crippen molar-refractivity contribution in [1.82, 2.24) is 9.97 Å². The summed E-state index contributed by atoms with van der Waals surface area (Å²) in [5.41, 5.74) is 5.61. The standard InChI is InChI=1S/C17H19NO.C15H16BrNO/c1-3-12-7-9-15-13(11-12)8-10-16(18-15)14-5-4-6-17(14)19-2;1-18-15-4-2-3-12(15)14-7-5-10-9-11(16)6-8-13(10)17-14/h3,7-11,14,17H,1,4-6H2,2H3;5-9,12,15H,2-4H2,1H3/t14-,17+;/m1./s1. The molecule has 192 valence electrons. The minimum Gasteiger partial charge on any atom is -0.381 e. The molecule has 2 aliphatic carbocycles. The van der Waals surface area contributed by atoms with Crippen molar-refractivity contribution < 1.29 is 9.47 Å². The molecule has 4 aromatic rings. The summed E-state index contributed by atoms with van der Waals surface area (Å²) in [7, 11) is 3.61. The maximum absolute atomic E-state index is 5.57. The van der Waals surface area contributed by atoms with Gasteiger partial charge < -0.3 is 9.47 Å². The fourth-order valence-corrected chi connectivity index (χ4v) is 6.28. The van der Waals surface area contributed by atoms with Crippen molar-refractivity contribution in [1.29, 1.82) is 0 Å². The van der Waals surface area contributed by atoms with E-state index in [-0.39, 0.29) is 0 Å². The Bertz CT molecular complexity index is 1390. The number of aromatic nitrogens is 2. The second-order valence-corrected chi connectivity index (χ2v) is 11.0. The molecule has 2 saturated carbocycles. The van der Waals surface area contributed by atoms with Gasteiger partial charge in [0.1, 0.15) is 0 Å². The first-order chi connectivity index (χ1) is 18.1. The molecule has 0 spiro atoms. The van der Waals surface area contributed by atoms with Gasteiger partial charge in [0, 0.05) is 52.7 Å². The van der Waals surface area contributed by atoms with Gasteiger partial charge in [-0.25, -0.2) is 0 Å². The third kappa shape index (κ3) is 5.79. The number of pyridine rings is 2. The van der Waals surface area contributed by atoms with E-state index in [1.54, 1.807) is 14.2 Å². The quantitative estimate of drug-likeness (QED) is 0.246. The minimum atomic E-state index is 0.331. The summed E-state index contributed by atoms with van der Waals surface area (Å²) < 4.78 is 12.2. The molecular weight excluding hydrogens is 524 g/mol. The lowest BCUT2D eigenvalue weighted by Gasteiger charge is -2.18. The second kappa shape index (κ2) is 11.8. The smallest absolute Gasteiger partial charge is 0.0706 e. The molecule has 2 aromatic heterocycles. The SMILES string of the molecule is C=Cc1ccc2nc([C@H]3CCC[C@@H]3OC)ccc2c1.COC1CCCC1c1ccc2cc(Br)ccc2n1. The van der Waals surface area contributed by atoms with Crippen LogP contribution in [0.4, 0.5) is 0 Å². The highest BCUT2D eigenvalue weighted by Crippen LogP contribution is 2.37. The van der Waals surface area contributed by atoms with Crippen molar-refractivity contribution in [2.45, 2.75) is 62.6 Å². The first-order valence-electron chi connectivity index (χ1n) is 13.2. The van der Waals surface area contributed by atoms with Crippen LogP contribution in [0.1, 0.15) is 67.3 Å². The van der Waals surface area contributed by atoms with Gasteiger partial charge in [0.15, 0.2) is 0 Å². The monoisotopic (exact) mass is 558 g/mol. The molecule has 2 aromatic carbocycles. The van der Waals surface area contributed by atoms with Gasteiger partial charge in [-0.15, -0.1) is 0 Å². The van der Waals surface area contributed by atoms with Crippen LogP contribution in [-0.4, -0.2) is 36.4 Å². The predicted octanol–water partition coefficient (Wildman–Crippen LogP) is 8.44. The van der Waals surface area contributed by atoms with E-state index in [4.69, 9.17) is 19.4 Å². The van der Waals surface area contributed by atoms with Crippen LogP contribution in [0.25, 0.3) is 27.9 Å². The van der Waals surface area contributed by atoms with E-state index in [0.29, 0.717) is 24.0 Å². The third-order valence-corrected chi connectivity index (χ3v) is 8.41. The van der Waals surface area contributed by atoms with Crippen molar-refractivity contribution in [2.24, 2.45) is 0 Å². The number of benzene rings is 2. The average Bonchev–Trinajstić information content (AvgIpc) is 3.62. The molecular formula is C32H35BrN2O2. The van der Waals surface area contributed by atoms with Gasteiger partial charge in [0.05, 0.1) is 23.2 Å². The van der Waals surface area contributed by atoms with Crippen LogP contribution in [0.2, 0.25) is 0 Å². The second-order valence-electron chi connectivity index (χ2n) is 10.1. The lowest BCUT2D eigenvalue weighted by atomic mass is 9.99. The van der Waals surface area contributed by atoms with Crippen LogP contribution in [0, 0.1) is 0 Å². The molecule has 0 N–H and O–H groups in total. The maximum Gasteiger partial charge on any atom is 0.0706 e. The predicted molar refractivity (Wildman–Crippen MR) is 156 cm³/mol. The van der Waals surface area contributed by atoms with Gasteiger partial charge in [-0.05, 0) is 73.7 Å². The Kier molecular flexibility index (Phi) is 8.33. The van der Waals surface area contributed by atoms with E-state index < -0.39 is 0 Å². The Morgan fingerprint density at radius 3 is 1.81 bits per heavy atom. The molecule has 5 heteroatoms. The lowest BCUT2D eigenvalue weighted by molar-refractivity contribution is 0.0935. The van der Waals surface area contributed by atoms with E-state index in [1.807, 2.05) is 12.1 Å². The molecule has 0 bridgehead atoms. The highest BCUT2D eigenvalue weighted by atomic mass is 79.9. The van der Waals surface area contributed by atoms with Crippen molar-refractivity contribution in [3.63, 3.8) is 0 Å². The van der Waals surface area contributed by atoms with Crippen molar-refractivity contribution in [3.05, 3.63) is 88.7 Å². The van der Waals surface area contributed by atoms with Gasteiger partial charge in [-0.3, -0.25) is 9.97 Å². The first-order valence-corrected chi connectivity index (χ1v) is 14.0. The molecule has 0 saturated heterocycles. The fraction of sp³-hybridized carbons (Fsp3) is 0.375. The fourth-order valence-electron chi connectivity index (χ4n) is 5.90. The Labute approximate surface area is 228 Å². The van der Waals surface area contributed by atoms with E-state index in [2.05, 4.69) is 77.1 Å². The number of rotatable bonds is 5. The molecule has 2 fully saturated rings. The Balaban J connectivity index is 0.000000152. The molecule has 0 radical (unpaired) electrons. The summed E-state index contributed by atoms with van der Waals surface area (Å²) >= 11 is 3.49. The van der Waals surface area contributed by atoms with Crippen molar-refractivity contribution in [3.8, 4) is 0 Å². The third-order valence-electron chi connectivity index (χ3n) is 7.91. The van der Waals surface area contributed by atoms with Crippen LogP contribution in [0.3, 0.4) is 0 Å². The maximum atomic E-state index is 5.57.